The van der Waals surface area contributed by atoms with Gasteiger partial charge >= 0.3 is 11.9 Å². The molecular formula is C12H12F2O4. The largest absolute Gasteiger partial charge is 0.491 e. The number of hydrogen-bond acceptors (Lipinski definition) is 4. The molecule has 0 unspecified atom stereocenters. The molecule has 6 heteroatoms. The minimum atomic E-state index is -1.19. The summed E-state index contributed by atoms with van der Waals surface area (Å²) in [5.74, 6) is -4.74. The lowest BCUT2D eigenvalue weighted by atomic mass is 10.2. The molecule has 0 aromatic heterocycles. The van der Waals surface area contributed by atoms with Crippen LogP contribution < -0.4 is 4.74 Å². The third-order valence-electron chi connectivity index (χ3n) is 2.13. The highest BCUT2D eigenvalue weighted by Gasteiger charge is 2.22. The van der Waals surface area contributed by atoms with Crippen molar-refractivity contribution in [3.05, 3.63) is 29.3 Å². The van der Waals surface area contributed by atoms with Crippen molar-refractivity contribution < 1.29 is 27.8 Å². The lowest BCUT2D eigenvalue weighted by Crippen LogP contribution is -2.14. The summed E-state index contributed by atoms with van der Waals surface area (Å²) in [6.45, 7) is 1.73. The van der Waals surface area contributed by atoms with Gasteiger partial charge in [-0.2, -0.15) is 0 Å². The Hall–Kier alpha value is -1.98. The van der Waals surface area contributed by atoms with Gasteiger partial charge < -0.3 is 9.47 Å². The number of carbonyl (C=O) groups is 2. The summed E-state index contributed by atoms with van der Waals surface area (Å²) in [4.78, 5) is 22.6. The van der Waals surface area contributed by atoms with E-state index in [1.165, 1.54) is 0 Å². The Kier molecular flexibility index (Phi) is 4.76. The fourth-order valence-electron chi connectivity index (χ4n) is 1.29. The molecule has 0 saturated carbocycles. The SMILES string of the molecule is CCCC(=O)OC(=O)c1ccc(F)c(OC)c1F. The first-order valence-electron chi connectivity index (χ1n) is 5.28. The second-order valence-corrected chi connectivity index (χ2v) is 3.45. The van der Waals surface area contributed by atoms with Gasteiger partial charge in [0.25, 0.3) is 0 Å². The highest BCUT2D eigenvalue weighted by molar-refractivity contribution is 5.97. The first-order valence-corrected chi connectivity index (χ1v) is 5.28. The smallest absolute Gasteiger partial charge is 0.348 e. The fraction of sp³-hybridized carbons (Fsp3) is 0.333. The number of carbonyl (C=O) groups excluding carboxylic acids is 2. The van der Waals surface area contributed by atoms with Gasteiger partial charge in [0.05, 0.1) is 12.7 Å². The molecule has 0 aliphatic heterocycles. The van der Waals surface area contributed by atoms with Crippen LogP contribution in [0.1, 0.15) is 30.1 Å². The average molecular weight is 258 g/mol. The van der Waals surface area contributed by atoms with E-state index in [9.17, 15) is 18.4 Å². The van der Waals surface area contributed by atoms with Crippen LogP contribution in [0.2, 0.25) is 0 Å². The van der Waals surface area contributed by atoms with Gasteiger partial charge in [0.15, 0.2) is 17.4 Å². The molecule has 18 heavy (non-hydrogen) atoms. The van der Waals surface area contributed by atoms with E-state index < -0.39 is 34.9 Å². The Balaban J connectivity index is 2.97. The van der Waals surface area contributed by atoms with E-state index in [-0.39, 0.29) is 6.42 Å². The van der Waals surface area contributed by atoms with Gasteiger partial charge in [0.2, 0.25) is 0 Å². The van der Waals surface area contributed by atoms with Gasteiger partial charge in [0.1, 0.15) is 0 Å². The van der Waals surface area contributed by atoms with E-state index in [2.05, 4.69) is 9.47 Å². The predicted octanol–water partition coefficient (Wildman–Crippen LogP) is 2.46. The van der Waals surface area contributed by atoms with Crippen LogP contribution in [0.4, 0.5) is 8.78 Å². The van der Waals surface area contributed by atoms with Gasteiger partial charge in [0, 0.05) is 6.42 Å². The molecule has 0 amide bonds. The fourth-order valence-corrected chi connectivity index (χ4v) is 1.29. The summed E-state index contributed by atoms with van der Waals surface area (Å²) >= 11 is 0. The minimum Gasteiger partial charge on any atom is -0.491 e. The van der Waals surface area contributed by atoms with E-state index in [0.717, 1.165) is 19.2 Å². The number of esters is 2. The summed E-state index contributed by atoms with van der Waals surface area (Å²) in [5, 5.41) is 0. The van der Waals surface area contributed by atoms with E-state index in [4.69, 9.17) is 0 Å². The molecular weight excluding hydrogens is 246 g/mol. The average Bonchev–Trinajstić information content (AvgIpc) is 2.29. The molecule has 0 aliphatic rings. The quantitative estimate of drug-likeness (QED) is 0.615. The van der Waals surface area contributed by atoms with Crippen molar-refractivity contribution in [2.24, 2.45) is 0 Å². The van der Waals surface area contributed by atoms with Gasteiger partial charge in [-0.05, 0) is 18.6 Å². The zero-order chi connectivity index (χ0) is 13.7. The van der Waals surface area contributed by atoms with E-state index in [0.29, 0.717) is 6.42 Å². The molecule has 0 N–H and O–H groups in total. The summed E-state index contributed by atoms with van der Waals surface area (Å²) < 4.78 is 35.6. The second-order valence-electron chi connectivity index (χ2n) is 3.45. The van der Waals surface area contributed by atoms with Crippen LogP contribution in [-0.2, 0) is 9.53 Å². The van der Waals surface area contributed by atoms with Crippen molar-refractivity contribution in [2.45, 2.75) is 19.8 Å². The lowest BCUT2D eigenvalue weighted by molar-refractivity contribution is -0.138. The molecule has 1 rings (SSSR count). The van der Waals surface area contributed by atoms with Crippen LogP contribution >= 0.6 is 0 Å². The zero-order valence-corrected chi connectivity index (χ0v) is 9.96. The van der Waals surface area contributed by atoms with Crippen molar-refractivity contribution in [2.75, 3.05) is 7.11 Å². The predicted molar refractivity (Wildman–Crippen MR) is 58.2 cm³/mol. The van der Waals surface area contributed by atoms with Crippen LogP contribution in [0, 0.1) is 11.6 Å². The molecule has 0 bridgehead atoms. The standard InChI is InChI=1S/C12H12F2O4/c1-3-4-9(15)18-12(16)7-5-6-8(13)11(17-2)10(7)14/h5-6H,3-4H2,1-2H3. The molecule has 4 nitrogen and oxygen atoms in total. The molecule has 0 heterocycles. The molecule has 98 valence electrons. The Labute approximate surface area is 103 Å². The highest BCUT2D eigenvalue weighted by atomic mass is 19.1. The summed E-state index contributed by atoms with van der Waals surface area (Å²) in [6, 6.07) is 1.76. The van der Waals surface area contributed by atoms with E-state index in [1.807, 2.05) is 0 Å². The molecule has 0 fully saturated rings. The maximum atomic E-state index is 13.6. The second kappa shape index (κ2) is 6.09. The number of halogens is 2. The van der Waals surface area contributed by atoms with Crippen molar-refractivity contribution in [3.8, 4) is 5.75 Å². The Bertz CT molecular complexity index is 471. The summed E-state index contributed by atoms with van der Waals surface area (Å²) in [5.41, 5.74) is -0.544. The van der Waals surface area contributed by atoms with Crippen LogP contribution in [0.5, 0.6) is 5.75 Å². The number of hydrogen-bond donors (Lipinski definition) is 0. The van der Waals surface area contributed by atoms with Crippen LogP contribution in [0.25, 0.3) is 0 Å². The maximum Gasteiger partial charge on any atom is 0.348 e. The molecule has 1 aromatic carbocycles. The third kappa shape index (κ3) is 3.03. The number of methoxy groups -OCH3 is 1. The van der Waals surface area contributed by atoms with Gasteiger partial charge in [-0.15, -0.1) is 0 Å². The van der Waals surface area contributed by atoms with Crippen LogP contribution in [0.15, 0.2) is 12.1 Å². The maximum absolute atomic E-state index is 13.6. The molecule has 1 aromatic rings. The van der Waals surface area contributed by atoms with Crippen molar-refractivity contribution in [1.82, 2.24) is 0 Å². The lowest BCUT2D eigenvalue weighted by Gasteiger charge is -2.07. The Morgan fingerprint density at radius 3 is 2.50 bits per heavy atom. The first kappa shape index (κ1) is 14.1. The van der Waals surface area contributed by atoms with Gasteiger partial charge in [-0.3, -0.25) is 4.79 Å². The molecule has 0 saturated heterocycles. The first-order chi connectivity index (χ1) is 8.51. The van der Waals surface area contributed by atoms with Crippen LogP contribution in [-0.4, -0.2) is 19.0 Å². The van der Waals surface area contributed by atoms with Crippen molar-refractivity contribution in [3.63, 3.8) is 0 Å². The summed E-state index contributed by atoms with van der Waals surface area (Å²) in [7, 11) is 1.07. The van der Waals surface area contributed by atoms with Gasteiger partial charge in [-0.25, -0.2) is 13.6 Å². The highest BCUT2D eigenvalue weighted by Crippen LogP contribution is 2.24. The molecule has 0 spiro atoms. The zero-order valence-electron chi connectivity index (χ0n) is 9.96. The molecule has 0 aliphatic carbocycles. The topological polar surface area (TPSA) is 52.6 Å². The third-order valence-corrected chi connectivity index (χ3v) is 2.13. The summed E-state index contributed by atoms with van der Waals surface area (Å²) in [6.07, 6.45) is 0.549. The van der Waals surface area contributed by atoms with Crippen molar-refractivity contribution in [1.29, 1.82) is 0 Å². The van der Waals surface area contributed by atoms with Crippen LogP contribution in [0.3, 0.4) is 0 Å². The normalized spacial score (nSPS) is 10.0. The van der Waals surface area contributed by atoms with E-state index in [1.54, 1.807) is 6.92 Å². The Morgan fingerprint density at radius 1 is 1.28 bits per heavy atom. The molecule has 0 atom stereocenters. The minimum absolute atomic E-state index is 0.0473. The number of ether oxygens (including phenoxy) is 2. The Morgan fingerprint density at radius 2 is 1.94 bits per heavy atom. The number of rotatable bonds is 4. The van der Waals surface area contributed by atoms with Gasteiger partial charge in [-0.1, -0.05) is 6.92 Å². The molecule has 0 radical (unpaired) electrons. The number of benzene rings is 1. The van der Waals surface area contributed by atoms with Crippen molar-refractivity contribution >= 4 is 11.9 Å². The monoisotopic (exact) mass is 258 g/mol. The van der Waals surface area contributed by atoms with E-state index >= 15 is 0 Å².